The maximum Gasteiger partial charge on any atom is 0.257 e. The molecule has 0 aromatic carbocycles. The number of methoxy groups -OCH3 is 1. The SMILES string of the molecule is COc1cnc(C)cc1C(=O)N1CCN(CCn2cncn2)CC1. The second-order valence-electron chi connectivity index (χ2n) is 5.82. The van der Waals surface area contributed by atoms with Crippen LogP contribution in [0, 0.1) is 6.92 Å². The highest BCUT2D eigenvalue weighted by atomic mass is 16.5. The number of hydrogen-bond acceptors (Lipinski definition) is 6. The largest absolute Gasteiger partial charge is 0.494 e. The Morgan fingerprint density at radius 2 is 2.04 bits per heavy atom. The maximum atomic E-state index is 12.8. The Labute approximate surface area is 141 Å². The molecule has 3 heterocycles. The standard InChI is InChI=1S/C16H22N6O2/c1-13-9-14(15(24-2)10-18-13)16(23)21-6-3-20(4-7-21)5-8-22-12-17-11-19-22/h9-12H,3-8H2,1-2H3. The molecule has 0 N–H and O–H groups in total. The molecule has 2 aromatic rings. The molecule has 0 aliphatic carbocycles. The number of ether oxygens (including phenoxy) is 1. The van der Waals surface area contributed by atoms with E-state index in [0.717, 1.165) is 31.9 Å². The first-order valence-corrected chi connectivity index (χ1v) is 8.02. The van der Waals surface area contributed by atoms with Crippen molar-refractivity contribution in [3.63, 3.8) is 0 Å². The Hall–Kier alpha value is -2.48. The zero-order valence-corrected chi connectivity index (χ0v) is 14.1. The topological polar surface area (TPSA) is 76.4 Å². The van der Waals surface area contributed by atoms with E-state index in [2.05, 4.69) is 20.0 Å². The molecular formula is C16H22N6O2. The fraction of sp³-hybridized carbons (Fsp3) is 0.500. The van der Waals surface area contributed by atoms with Gasteiger partial charge >= 0.3 is 0 Å². The van der Waals surface area contributed by atoms with Crippen molar-refractivity contribution in [2.45, 2.75) is 13.5 Å². The number of aryl methyl sites for hydroxylation is 1. The first kappa shape index (κ1) is 16.4. The lowest BCUT2D eigenvalue weighted by Crippen LogP contribution is -2.49. The lowest BCUT2D eigenvalue weighted by atomic mass is 10.1. The fourth-order valence-corrected chi connectivity index (χ4v) is 2.81. The van der Waals surface area contributed by atoms with Crippen molar-refractivity contribution >= 4 is 5.91 Å². The number of carbonyl (C=O) groups excluding carboxylic acids is 1. The molecule has 1 aliphatic rings. The van der Waals surface area contributed by atoms with E-state index in [0.29, 0.717) is 24.4 Å². The predicted molar refractivity (Wildman–Crippen MR) is 87.9 cm³/mol. The molecule has 2 aromatic heterocycles. The van der Waals surface area contributed by atoms with Crippen LogP contribution in [0.3, 0.4) is 0 Å². The van der Waals surface area contributed by atoms with E-state index in [1.165, 1.54) is 0 Å². The number of carbonyl (C=O) groups is 1. The van der Waals surface area contributed by atoms with Crippen LogP contribution in [-0.4, -0.2) is 75.3 Å². The number of aromatic nitrogens is 4. The van der Waals surface area contributed by atoms with Crippen molar-refractivity contribution in [2.24, 2.45) is 0 Å². The van der Waals surface area contributed by atoms with E-state index in [9.17, 15) is 4.79 Å². The van der Waals surface area contributed by atoms with E-state index >= 15 is 0 Å². The highest BCUT2D eigenvalue weighted by molar-refractivity contribution is 5.97. The number of rotatable bonds is 5. The van der Waals surface area contributed by atoms with Gasteiger partial charge in [-0.1, -0.05) is 0 Å². The monoisotopic (exact) mass is 330 g/mol. The summed E-state index contributed by atoms with van der Waals surface area (Å²) in [5, 5.41) is 4.11. The normalized spacial score (nSPS) is 15.5. The van der Waals surface area contributed by atoms with E-state index in [1.54, 1.807) is 32.0 Å². The fourth-order valence-electron chi connectivity index (χ4n) is 2.81. The van der Waals surface area contributed by atoms with Gasteiger partial charge < -0.3 is 9.64 Å². The van der Waals surface area contributed by atoms with Gasteiger partial charge in [-0.3, -0.25) is 19.4 Å². The molecule has 8 heteroatoms. The molecule has 1 saturated heterocycles. The summed E-state index contributed by atoms with van der Waals surface area (Å²) in [6.07, 6.45) is 4.87. The van der Waals surface area contributed by atoms with Gasteiger partial charge in [0.05, 0.1) is 25.4 Å². The summed E-state index contributed by atoms with van der Waals surface area (Å²) in [6, 6.07) is 1.79. The van der Waals surface area contributed by atoms with Gasteiger partial charge in [0.15, 0.2) is 0 Å². The second kappa shape index (κ2) is 7.39. The first-order chi connectivity index (χ1) is 11.7. The highest BCUT2D eigenvalue weighted by Gasteiger charge is 2.24. The van der Waals surface area contributed by atoms with Gasteiger partial charge in [0.1, 0.15) is 18.4 Å². The van der Waals surface area contributed by atoms with Crippen LogP contribution in [0.4, 0.5) is 0 Å². The Bertz CT molecular complexity index is 680. The molecule has 1 amide bonds. The minimum atomic E-state index is 0.00766. The molecule has 0 bridgehead atoms. The van der Waals surface area contributed by atoms with Gasteiger partial charge in [-0.25, -0.2) is 4.98 Å². The van der Waals surface area contributed by atoms with E-state index in [1.807, 2.05) is 16.5 Å². The molecule has 128 valence electrons. The average Bonchev–Trinajstić information content (AvgIpc) is 3.13. The van der Waals surface area contributed by atoms with E-state index in [-0.39, 0.29) is 5.91 Å². The molecule has 1 fully saturated rings. The first-order valence-electron chi connectivity index (χ1n) is 8.02. The number of pyridine rings is 1. The Morgan fingerprint density at radius 1 is 1.25 bits per heavy atom. The van der Waals surface area contributed by atoms with Crippen LogP contribution in [0.2, 0.25) is 0 Å². The van der Waals surface area contributed by atoms with Gasteiger partial charge in [0.2, 0.25) is 0 Å². The van der Waals surface area contributed by atoms with E-state index in [4.69, 9.17) is 4.74 Å². The van der Waals surface area contributed by atoms with Crippen molar-refractivity contribution in [3.8, 4) is 5.75 Å². The molecule has 1 aliphatic heterocycles. The summed E-state index contributed by atoms with van der Waals surface area (Å²) in [5.41, 5.74) is 1.40. The van der Waals surface area contributed by atoms with Crippen molar-refractivity contribution < 1.29 is 9.53 Å². The second-order valence-corrected chi connectivity index (χ2v) is 5.82. The van der Waals surface area contributed by atoms with Crippen LogP contribution in [0.15, 0.2) is 24.9 Å². The predicted octanol–water partition coefficient (Wildman–Crippen LogP) is 0.448. The summed E-state index contributed by atoms with van der Waals surface area (Å²) < 4.78 is 7.10. The molecular weight excluding hydrogens is 308 g/mol. The third-order valence-corrected chi connectivity index (χ3v) is 4.23. The van der Waals surface area contributed by atoms with Crippen LogP contribution in [0.1, 0.15) is 16.1 Å². The summed E-state index contributed by atoms with van der Waals surface area (Å²) in [4.78, 5) is 25.1. The number of amides is 1. The molecule has 8 nitrogen and oxygen atoms in total. The lowest BCUT2D eigenvalue weighted by Gasteiger charge is -2.34. The third-order valence-electron chi connectivity index (χ3n) is 4.23. The summed E-state index contributed by atoms with van der Waals surface area (Å²) in [7, 11) is 1.56. The smallest absolute Gasteiger partial charge is 0.257 e. The van der Waals surface area contributed by atoms with Gasteiger partial charge in [-0.05, 0) is 13.0 Å². The average molecular weight is 330 g/mol. The minimum Gasteiger partial charge on any atom is -0.494 e. The molecule has 24 heavy (non-hydrogen) atoms. The van der Waals surface area contributed by atoms with Crippen molar-refractivity contribution in [1.82, 2.24) is 29.5 Å². The Kier molecular flexibility index (Phi) is 5.05. The van der Waals surface area contributed by atoms with Crippen LogP contribution in [0.25, 0.3) is 0 Å². The van der Waals surface area contributed by atoms with Gasteiger partial charge in [-0.15, -0.1) is 0 Å². The number of hydrogen-bond donors (Lipinski definition) is 0. The third kappa shape index (κ3) is 3.70. The molecule has 0 unspecified atom stereocenters. The highest BCUT2D eigenvalue weighted by Crippen LogP contribution is 2.20. The quantitative estimate of drug-likeness (QED) is 0.792. The summed E-state index contributed by atoms with van der Waals surface area (Å²) >= 11 is 0. The Balaban J connectivity index is 1.56. The van der Waals surface area contributed by atoms with Gasteiger partial charge in [-0.2, -0.15) is 5.10 Å². The minimum absolute atomic E-state index is 0.00766. The molecule has 0 atom stereocenters. The molecule has 0 saturated carbocycles. The van der Waals surface area contributed by atoms with E-state index < -0.39 is 0 Å². The Morgan fingerprint density at radius 3 is 2.71 bits per heavy atom. The van der Waals surface area contributed by atoms with Crippen LogP contribution < -0.4 is 4.74 Å². The van der Waals surface area contributed by atoms with Gasteiger partial charge in [0, 0.05) is 38.4 Å². The number of nitrogens with zero attached hydrogens (tertiary/aromatic N) is 6. The summed E-state index contributed by atoms with van der Waals surface area (Å²) in [5.74, 6) is 0.535. The summed E-state index contributed by atoms with van der Waals surface area (Å²) in [6.45, 7) is 6.72. The molecule has 0 radical (unpaired) electrons. The zero-order chi connectivity index (χ0) is 16.9. The van der Waals surface area contributed by atoms with Crippen LogP contribution in [-0.2, 0) is 6.54 Å². The lowest BCUT2D eigenvalue weighted by molar-refractivity contribution is 0.0628. The van der Waals surface area contributed by atoms with Crippen molar-refractivity contribution in [2.75, 3.05) is 39.8 Å². The van der Waals surface area contributed by atoms with Crippen molar-refractivity contribution in [3.05, 3.63) is 36.2 Å². The van der Waals surface area contributed by atoms with Crippen LogP contribution >= 0.6 is 0 Å². The molecule has 3 rings (SSSR count). The maximum absolute atomic E-state index is 12.8. The van der Waals surface area contributed by atoms with Crippen LogP contribution in [0.5, 0.6) is 5.75 Å². The number of piperazine rings is 1. The molecule has 0 spiro atoms. The van der Waals surface area contributed by atoms with Gasteiger partial charge in [0.25, 0.3) is 5.91 Å². The zero-order valence-electron chi connectivity index (χ0n) is 14.1. The van der Waals surface area contributed by atoms with Crippen molar-refractivity contribution in [1.29, 1.82) is 0 Å².